The summed E-state index contributed by atoms with van der Waals surface area (Å²) >= 11 is 0. The number of aliphatic imine (C=N–C) groups is 1. The Bertz CT molecular complexity index is 714. The molecule has 0 bridgehead atoms. The average molecular weight is 472 g/mol. The lowest BCUT2D eigenvalue weighted by atomic mass is 10.2. The Hall–Kier alpha value is -2.85. The van der Waals surface area contributed by atoms with E-state index in [1.54, 1.807) is 0 Å². The fourth-order valence-electron chi connectivity index (χ4n) is 2.55. The van der Waals surface area contributed by atoms with E-state index in [0.717, 1.165) is 18.4 Å². The molecule has 180 valence electrons. The Morgan fingerprint density at radius 1 is 1.00 bits per heavy atom. The number of aliphatic hydroxyl groups is 1. The molecule has 0 aromatic heterocycles. The van der Waals surface area contributed by atoms with Crippen LogP contribution in [0.4, 0.5) is 0 Å². The minimum absolute atomic E-state index is 0. The van der Waals surface area contributed by atoms with Crippen LogP contribution in [0.15, 0.2) is 35.3 Å². The van der Waals surface area contributed by atoms with Crippen LogP contribution in [0.3, 0.4) is 0 Å². The van der Waals surface area contributed by atoms with Gasteiger partial charge in [-0.05, 0) is 24.8 Å². The third-order valence-corrected chi connectivity index (χ3v) is 4.25. The molecule has 0 fully saturated rings. The minimum Gasteiger partial charge on any atom is -0.461 e. The summed E-state index contributed by atoms with van der Waals surface area (Å²) in [6.07, 6.45) is 1.71. The zero-order valence-corrected chi connectivity index (χ0v) is 18.9. The minimum atomic E-state index is -1.35. The normalized spacial score (nSPS) is 10.9. The first-order valence-electron chi connectivity index (χ1n) is 10.4. The molecule has 0 saturated carbocycles. The van der Waals surface area contributed by atoms with Crippen molar-refractivity contribution in [1.82, 2.24) is 10.6 Å². The zero-order chi connectivity index (χ0) is 22.9. The van der Waals surface area contributed by atoms with Crippen LogP contribution < -0.4 is 22.1 Å². The van der Waals surface area contributed by atoms with E-state index in [1.807, 2.05) is 30.3 Å². The zero-order valence-electron chi connectivity index (χ0n) is 18.1. The van der Waals surface area contributed by atoms with E-state index in [0.29, 0.717) is 25.8 Å². The molecule has 0 aliphatic heterocycles. The fourth-order valence-corrected chi connectivity index (χ4v) is 2.55. The Kier molecular flexibility index (Phi) is 16.2. The number of amides is 2. The van der Waals surface area contributed by atoms with Crippen molar-refractivity contribution >= 4 is 36.2 Å². The Morgan fingerprint density at radius 2 is 1.72 bits per heavy atom. The second kappa shape index (κ2) is 17.8. The number of halogens is 1. The van der Waals surface area contributed by atoms with Gasteiger partial charge in [-0.25, -0.2) is 0 Å². The fraction of sp³-hybridized carbons (Fsp3) is 0.524. The molecule has 0 aliphatic rings. The monoisotopic (exact) mass is 471 g/mol. The van der Waals surface area contributed by atoms with Crippen LogP contribution >= 0.6 is 12.4 Å². The molecule has 0 spiro atoms. The van der Waals surface area contributed by atoms with E-state index in [4.69, 9.17) is 16.2 Å². The summed E-state index contributed by atoms with van der Waals surface area (Å²) in [4.78, 5) is 39.1. The number of carbonyl (C=O) groups is 3. The molecule has 1 atom stereocenters. The van der Waals surface area contributed by atoms with E-state index < -0.39 is 12.0 Å². The largest absolute Gasteiger partial charge is 0.461 e. The van der Waals surface area contributed by atoms with Crippen LogP contribution in [-0.2, 0) is 25.7 Å². The SMILES string of the molecule is Cl.NC(N)=NCCCCCC(=O)NCC(O)C(=O)NCCCC(=O)OCc1ccccc1. The molecular weight excluding hydrogens is 438 g/mol. The van der Waals surface area contributed by atoms with Crippen molar-refractivity contribution in [3.05, 3.63) is 35.9 Å². The summed E-state index contributed by atoms with van der Waals surface area (Å²) in [6, 6.07) is 9.34. The third-order valence-electron chi connectivity index (χ3n) is 4.25. The lowest BCUT2D eigenvalue weighted by Crippen LogP contribution is -2.43. The van der Waals surface area contributed by atoms with Crippen LogP contribution in [0.5, 0.6) is 0 Å². The third kappa shape index (κ3) is 15.0. The first-order chi connectivity index (χ1) is 14.9. The highest BCUT2D eigenvalue weighted by Crippen LogP contribution is 2.03. The number of nitrogens with one attached hydrogen (secondary N) is 2. The van der Waals surface area contributed by atoms with Crippen LogP contribution in [0.1, 0.15) is 44.1 Å². The number of ether oxygens (including phenoxy) is 1. The highest BCUT2D eigenvalue weighted by Gasteiger charge is 2.15. The van der Waals surface area contributed by atoms with Crippen molar-refractivity contribution in [2.75, 3.05) is 19.6 Å². The topological polar surface area (TPSA) is 169 Å². The number of nitrogens with zero attached hydrogens (tertiary/aromatic N) is 1. The Morgan fingerprint density at radius 3 is 2.41 bits per heavy atom. The predicted octanol–water partition coefficient (Wildman–Crippen LogP) is 0.359. The summed E-state index contributed by atoms with van der Waals surface area (Å²) < 4.78 is 5.15. The average Bonchev–Trinajstić information content (AvgIpc) is 2.76. The van der Waals surface area contributed by atoms with Gasteiger partial charge < -0.3 is 31.9 Å². The smallest absolute Gasteiger partial charge is 0.306 e. The van der Waals surface area contributed by atoms with Gasteiger partial charge in [0, 0.05) is 25.9 Å². The van der Waals surface area contributed by atoms with Crippen molar-refractivity contribution in [1.29, 1.82) is 0 Å². The molecule has 2 amide bonds. The molecule has 0 radical (unpaired) electrons. The number of carbonyl (C=O) groups excluding carboxylic acids is 3. The maximum atomic E-state index is 11.8. The molecule has 1 aromatic carbocycles. The maximum absolute atomic E-state index is 11.8. The second-order valence-corrected chi connectivity index (χ2v) is 6.98. The molecule has 1 unspecified atom stereocenters. The van der Waals surface area contributed by atoms with Gasteiger partial charge in [0.1, 0.15) is 12.7 Å². The van der Waals surface area contributed by atoms with Gasteiger partial charge in [-0.1, -0.05) is 36.8 Å². The number of hydrogen-bond donors (Lipinski definition) is 5. The van der Waals surface area contributed by atoms with Crippen molar-refractivity contribution in [2.24, 2.45) is 16.5 Å². The Balaban J connectivity index is 0.00000961. The van der Waals surface area contributed by atoms with Gasteiger partial charge in [-0.15, -0.1) is 12.4 Å². The van der Waals surface area contributed by atoms with Gasteiger partial charge in [0.2, 0.25) is 5.91 Å². The highest BCUT2D eigenvalue weighted by molar-refractivity contribution is 5.85. The summed E-state index contributed by atoms with van der Waals surface area (Å²) in [6.45, 7) is 0.784. The highest BCUT2D eigenvalue weighted by atomic mass is 35.5. The van der Waals surface area contributed by atoms with Crippen molar-refractivity contribution in [3.8, 4) is 0 Å². The molecule has 7 N–H and O–H groups in total. The molecule has 32 heavy (non-hydrogen) atoms. The number of nitrogens with two attached hydrogens (primary N) is 2. The molecule has 1 aromatic rings. The van der Waals surface area contributed by atoms with Gasteiger partial charge in [0.15, 0.2) is 5.96 Å². The standard InChI is InChI=1S/C21H33N5O5.ClH/c22-21(23)25-12-6-2-5-10-18(28)26-14-17(27)20(30)24-13-7-11-19(29)31-15-16-8-3-1-4-9-16;/h1,3-4,8-9,17,27H,2,5-7,10-15H2,(H,24,30)(H,26,28)(H4,22,23,25);1H. The molecular formula is C21H34ClN5O5. The summed E-state index contributed by atoms with van der Waals surface area (Å²) in [5.74, 6) is -1.15. The van der Waals surface area contributed by atoms with Gasteiger partial charge in [0.25, 0.3) is 5.91 Å². The quantitative estimate of drug-likeness (QED) is 0.106. The predicted molar refractivity (Wildman–Crippen MR) is 124 cm³/mol. The van der Waals surface area contributed by atoms with E-state index >= 15 is 0 Å². The van der Waals surface area contributed by atoms with E-state index in [-0.39, 0.29) is 56.4 Å². The summed E-state index contributed by atoms with van der Waals surface area (Å²) in [5.41, 5.74) is 11.3. The molecule has 11 heteroatoms. The number of esters is 1. The molecule has 10 nitrogen and oxygen atoms in total. The molecule has 1 rings (SSSR count). The first kappa shape index (κ1) is 29.1. The molecule has 0 aliphatic carbocycles. The Labute approximate surface area is 194 Å². The number of aliphatic hydroxyl groups excluding tert-OH is 1. The van der Waals surface area contributed by atoms with E-state index in [1.165, 1.54) is 0 Å². The molecule has 0 heterocycles. The van der Waals surface area contributed by atoms with E-state index in [9.17, 15) is 19.5 Å². The second-order valence-electron chi connectivity index (χ2n) is 6.98. The van der Waals surface area contributed by atoms with Gasteiger partial charge >= 0.3 is 5.97 Å². The first-order valence-corrected chi connectivity index (χ1v) is 10.4. The lowest BCUT2D eigenvalue weighted by Gasteiger charge is -2.12. The number of rotatable bonds is 15. The summed E-state index contributed by atoms with van der Waals surface area (Å²) in [5, 5.41) is 14.9. The van der Waals surface area contributed by atoms with Crippen LogP contribution in [0.25, 0.3) is 0 Å². The number of hydrogen-bond acceptors (Lipinski definition) is 6. The van der Waals surface area contributed by atoms with Crippen molar-refractivity contribution < 1.29 is 24.2 Å². The number of benzene rings is 1. The van der Waals surface area contributed by atoms with Crippen LogP contribution in [-0.4, -0.2) is 54.6 Å². The maximum Gasteiger partial charge on any atom is 0.306 e. The van der Waals surface area contributed by atoms with E-state index in [2.05, 4.69) is 15.6 Å². The van der Waals surface area contributed by atoms with Crippen molar-refractivity contribution in [2.45, 2.75) is 51.2 Å². The van der Waals surface area contributed by atoms with Gasteiger partial charge in [-0.2, -0.15) is 0 Å². The lowest BCUT2D eigenvalue weighted by molar-refractivity contribution is -0.145. The number of guanidine groups is 1. The van der Waals surface area contributed by atoms with Crippen LogP contribution in [0, 0.1) is 0 Å². The molecule has 0 saturated heterocycles. The van der Waals surface area contributed by atoms with Gasteiger partial charge in [0.05, 0.1) is 6.54 Å². The number of unbranched alkanes of at least 4 members (excludes halogenated alkanes) is 2. The van der Waals surface area contributed by atoms with Crippen LogP contribution in [0.2, 0.25) is 0 Å². The summed E-state index contributed by atoms with van der Waals surface area (Å²) in [7, 11) is 0. The van der Waals surface area contributed by atoms with Gasteiger partial charge in [-0.3, -0.25) is 19.4 Å². The van der Waals surface area contributed by atoms with Crippen molar-refractivity contribution in [3.63, 3.8) is 0 Å².